The van der Waals surface area contributed by atoms with E-state index < -0.39 is 17.4 Å². The van der Waals surface area contributed by atoms with Crippen LogP contribution in [0.4, 0.5) is 9.18 Å². The Hall–Kier alpha value is -2.11. The van der Waals surface area contributed by atoms with Gasteiger partial charge in [-0.3, -0.25) is 10.1 Å². The number of rotatable bonds is 3. The van der Waals surface area contributed by atoms with Gasteiger partial charge in [0.05, 0.1) is 13.7 Å². The van der Waals surface area contributed by atoms with Gasteiger partial charge in [0, 0.05) is 11.6 Å². The maximum atomic E-state index is 13.8. The van der Waals surface area contributed by atoms with Crippen molar-refractivity contribution < 1.29 is 18.7 Å². The van der Waals surface area contributed by atoms with Crippen molar-refractivity contribution in [2.75, 3.05) is 7.11 Å². The van der Waals surface area contributed by atoms with Gasteiger partial charge in [0.25, 0.3) is 5.91 Å². The highest BCUT2D eigenvalue weighted by Gasteiger charge is 2.45. The van der Waals surface area contributed by atoms with Gasteiger partial charge in [-0.05, 0) is 19.9 Å². The molecule has 0 unspecified atom stereocenters. The Morgan fingerprint density at radius 2 is 2.05 bits per heavy atom. The van der Waals surface area contributed by atoms with E-state index >= 15 is 0 Å². The van der Waals surface area contributed by atoms with Crippen molar-refractivity contribution in [2.45, 2.75) is 25.9 Å². The molecule has 1 saturated heterocycles. The number of carbonyl (C=O) groups excluding carboxylic acids is 2. The van der Waals surface area contributed by atoms with E-state index in [0.29, 0.717) is 11.3 Å². The highest BCUT2D eigenvalue weighted by atomic mass is 19.1. The van der Waals surface area contributed by atoms with Crippen LogP contribution in [0.5, 0.6) is 5.75 Å². The molecular formula is C13H15FN2O3. The minimum atomic E-state index is -0.983. The molecule has 102 valence electrons. The van der Waals surface area contributed by atoms with Crippen LogP contribution in [0.15, 0.2) is 18.2 Å². The van der Waals surface area contributed by atoms with Crippen molar-refractivity contribution >= 4 is 11.9 Å². The number of carbonyl (C=O) groups is 2. The third-order valence-electron chi connectivity index (χ3n) is 3.28. The predicted octanol–water partition coefficient (Wildman–Crippen LogP) is 1.66. The number of nitrogens with zero attached hydrogens (tertiary/aromatic N) is 1. The van der Waals surface area contributed by atoms with Gasteiger partial charge >= 0.3 is 6.03 Å². The van der Waals surface area contributed by atoms with E-state index in [0.717, 1.165) is 0 Å². The SMILES string of the molecule is COc1ccc(CN2C(=O)NC(=O)C2(C)C)c(F)c1. The van der Waals surface area contributed by atoms with Crippen LogP contribution in [0, 0.1) is 5.82 Å². The maximum absolute atomic E-state index is 13.8. The van der Waals surface area contributed by atoms with Crippen molar-refractivity contribution in [3.8, 4) is 5.75 Å². The molecule has 1 aromatic carbocycles. The highest BCUT2D eigenvalue weighted by Crippen LogP contribution is 2.25. The van der Waals surface area contributed by atoms with Crippen molar-refractivity contribution in [2.24, 2.45) is 0 Å². The van der Waals surface area contributed by atoms with Crippen molar-refractivity contribution in [1.29, 1.82) is 0 Å². The Kier molecular flexibility index (Phi) is 3.18. The van der Waals surface area contributed by atoms with Gasteiger partial charge in [0.2, 0.25) is 0 Å². The van der Waals surface area contributed by atoms with E-state index in [1.165, 1.54) is 18.1 Å². The standard InChI is InChI=1S/C13H15FN2O3/c1-13(2)11(17)15-12(18)16(13)7-8-4-5-9(19-3)6-10(8)14/h4-6H,7H2,1-3H3,(H,15,17,18). The van der Waals surface area contributed by atoms with Crippen molar-refractivity contribution in [3.05, 3.63) is 29.6 Å². The van der Waals surface area contributed by atoms with E-state index in [1.54, 1.807) is 26.0 Å². The first kappa shape index (κ1) is 13.3. The number of nitrogens with one attached hydrogen (secondary N) is 1. The number of amides is 3. The molecule has 0 aliphatic carbocycles. The largest absolute Gasteiger partial charge is 0.497 e. The van der Waals surface area contributed by atoms with Crippen LogP contribution in [-0.2, 0) is 11.3 Å². The zero-order valence-electron chi connectivity index (χ0n) is 11.0. The lowest BCUT2D eigenvalue weighted by Gasteiger charge is -2.28. The number of benzene rings is 1. The molecule has 1 aromatic rings. The number of ether oxygens (including phenoxy) is 1. The van der Waals surface area contributed by atoms with Crippen LogP contribution in [0.3, 0.4) is 0 Å². The molecule has 0 aromatic heterocycles. The van der Waals surface area contributed by atoms with Crippen LogP contribution in [0.2, 0.25) is 0 Å². The second-order valence-corrected chi connectivity index (χ2v) is 4.86. The summed E-state index contributed by atoms with van der Waals surface area (Å²) in [4.78, 5) is 24.6. The molecule has 19 heavy (non-hydrogen) atoms. The first-order valence-corrected chi connectivity index (χ1v) is 5.81. The van der Waals surface area contributed by atoms with Crippen LogP contribution in [-0.4, -0.2) is 29.5 Å². The maximum Gasteiger partial charge on any atom is 0.325 e. The van der Waals surface area contributed by atoms with Gasteiger partial charge in [-0.1, -0.05) is 6.07 Å². The average Bonchev–Trinajstić information content (AvgIpc) is 2.54. The summed E-state index contributed by atoms with van der Waals surface area (Å²) >= 11 is 0. The summed E-state index contributed by atoms with van der Waals surface area (Å²) in [6.07, 6.45) is 0. The number of hydrogen-bond acceptors (Lipinski definition) is 3. The summed E-state index contributed by atoms with van der Waals surface area (Å²) < 4.78 is 18.8. The molecule has 1 aliphatic rings. The van der Waals surface area contributed by atoms with Crippen molar-refractivity contribution in [3.63, 3.8) is 0 Å². The second-order valence-electron chi connectivity index (χ2n) is 4.86. The monoisotopic (exact) mass is 266 g/mol. The Labute approximate surface area is 110 Å². The quantitative estimate of drug-likeness (QED) is 0.846. The van der Waals surface area contributed by atoms with Gasteiger partial charge in [0.15, 0.2) is 0 Å². The number of methoxy groups -OCH3 is 1. The zero-order chi connectivity index (χ0) is 14.2. The molecule has 0 radical (unpaired) electrons. The van der Waals surface area contributed by atoms with Crippen molar-refractivity contribution in [1.82, 2.24) is 10.2 Å². The summed E-state index contributed by atoms with van der Waals surface area (Å²) in [6.45, 7) is 3.27. The number of imide groups is 1. The first-order valence-electron chi connectivity index (χ1n) is 5.81. The number of halogens is 1. The van der Waals surface area contributed by atoms with E-state index in [2.05, 4.69) is 5.32 Å². The Morgan fingerprint density at radius 3 is 2.53 bits per heavy atom. The molecule has 0 bridgehead atoms. The fourth-order valence-electron chi connectivity index (χ4n) is 1.92. The minimum absolute atomic E-state index is 0.0282. The third-order valence-corrected chi connectivity index (χ3v) is 3.28. The van der Waals surface area contributed by atoms with E-state index in [1.807, 2.05) is 0 Å². The Balaban J connectivity index is 2.26. The van der Waals surface area contributed by atoms with Gasteiger partial charge in [-0.15, -0.1) is 0 Å². The molecule has 0 atom stereocenters. The minimum Gasteiger partial charge on any atom is -0.497 e. The normalized spacial score (nSPS) is 17.6. The Bertz CT molecular complexity index is 543. The molecule has 6 heteroatoms. The molecule has 1 N–H and O–H groups in total. The van der Waals surface area contributed by atoms with Gasteiger partial charge in [-0.25, -0.2) is 9.18 Å². The van der Waals surface area contributed by atoms with E-state index in [-0.39, 0.29) is 12.5 Å². The summed E-state index contributed by atoms with van der Waals surface area (Å²) in [5.41, 5.74) is -0.651. The molecule has 2 rings (SSSR count). The van der Waals surface area contributed by atoms with Crippen LogP contribution in [0.1, 0.15) is 19.4 Å². The molecular weight excluding hydrogens is 251 g/mol. The zero-order valence-corrected chi connectivity index (χ0v) is 11.0. The molecule has 0 spiro atoms. The summed E-state index contributed by atoms with van der Waals surface area (Å²) in [5.74, 6) is -0.448. The predicted molar refractivity (Wildman–Crippen MR) is 66.1 cm³/mol. The highest BCUT2D eigenvalue weighted by molar-refractivity contribution is 6.06. The topological polar surface area (TPSA) is 58.6 Å². The fraction of sp³-hybridized carbons (Fsp3) is 0.385. The average molecular weight is 266 g/mol. The number of urea groups is 1. The molecule has 5 nitrogen and oxygen atoms in total. The molecule has 1 fully saturated rings. The lowest BCUT2D eigenvalue weighted by molar-refractivity contribution is -0.125. The molecule has 1 aliphatic heterocycles. The lowest BCUT2D eigenvalue weighted by Crippen LogP contribution is -2.43. The summed E-state index contributed by atoms with van der Waals surface area (Å²) in [6, 6.07) is 3.89. The van der Waals surface area contributed by atoms with Gasteiger partial charge in [-0.2, -0.15) is 0 Å². The van der Waals surface area contributed by atoms with Crippen LogP contribution >= 0.6 is 0 Å². The lowest BCUT2D eigenvalue weighted by atomic mass is 10.0. The molecule has 1 heterocycles. The molecule has 3 amide bonds. The van der Waals surface area contributed by atoms with Crippen LogP contribution < -0.4 is 10.1 Å². The van der Waals surface area contributed by atoms with Gasteiger partial charge < -0.3 is 9.64 Å². The van der Waals surface area contributed by atoms with E-state index in [4.69, 9.17) is 4.74 Å². The number of hydrogen-bond donors (Lipinski definition) is 1. The summed E-state index contributed by atoms with van der Waals surface area (Å²) in [5, 5.41) is 2.22. The summed E-state index contributed by atoms with van der Waals surface area (Å²) in [7, 11) is 1.45. The van der Waals surface area contributed by atoms with Crippen LogP contribution in [0.25, 0.3) is 0 Å². The molecule has 0 saturated carbocycles. The first-order chi connectivity index (χ1) is 8.86. The Morgan fingerprint density at radius 1 is 1.37 bits per heavy atom. The fourth-order valence-corrected chi connectivity index (χ4v) is 1.92. The smallest absolute Gasteiger partial charge is 0.325 e. The second kappa shape index (κ2) is 4.53. The van der Waals surface area contributed by atoms with Gasteiger partial charge in [0.1, 0.15) is 17.1 Å². The van der Waals surface area contributed by atoms with E-state index in [9.17, 15) is 14.0 Å². The third kappa shape index (κ3) is 2.25.